The molecule has 1 saturated heterocycles. The number of aromatic hydroxyl groups is 1. The summed E-state index contributed by atoms with van der Waals surface area (Å²) in [6.45, 7) is 8.62. The summed E-state index contributed by atoms with van der Waals surface area (Å²) in [5, 5.41) is 10.4. The second-order valence-electron chi connectivity index (χ2n) is 7.96. The molecule has 6 nitrogen and oxygen atoms in total. The van der Waals surface area contributed by atoms with Crippen molar-refractivity contribution in [3.05, 3.63) is 53.6 Å². The molecular weight excluding hydrogens is 388 g/mol. The topological polar surface area (TPSA) is 74.3 Å². The molecule has 0 spiro atoms. The second kappa shape index (κ2) is 8.14. The molecule has 2 aromatic heterocycles. The number of benzene rings is 1. The van der Waals surface area contributed by atoms with Gasteiger partial charge in [-0.05, 0) is 18.2 Å². The number of ether oxygens (including phenoxy) is 1. The van der Waals surface area contributed by atoms with E-state index in [1.807, 2.05) is 18.2 Å². The summed E-state index contributed by atoms with van der Waals surface area (Å²) in [7, 11) is 0. The number of hydrogen-bond donors (Lipinski definition) is 2. The van der Waals surface area contributed by atoms with Gasteiger partial charge in [0.05, 0.1) is 29.6 Å². The molecule has 0 aliphatic carbocycles. The molecule has 29 heavy (non-hydrogen) atoms. The minimum absolute atomic E-state index is 0.0496. The predicted octanol–water partition coefficient (Wildman–Crippen LogP) is 4.11. The van der Waals surface area contributed by atoms with Crippen molar-refractivity contribution < 1.29 is 9.84 Å². The van der Waals surface area contributed by atoms with Gasteiger partial charge >= 0.3 is 0 Å². The zero-order valence-electron chi connectivity index (χ0n) is 16.7. The van der Waals surface area contributed by atoms with Crippen LogP contribution in [0.1, 0.15) is 19.7 Å². The number of nitrogens with zero attached hydrogens (tertiary/aromatic N) is 3. The highest BCUT2D eigenvalue weighted by atomic mass is 35.5. The van der Waals surface area contributed by atoms with Gasteiger partial charge < -0.3 is 14.8 Å². The first-order valence-electron chi connectivity index (χ1n) is 9.74. The minimum atomic E-state index is -0.208. The van der Waals surface area contributed by atoms with E-state index in [4.69, 9.17) is 21.3 Å². The molecule has 1 aliphatic heterocycles. The summed E-state index contributed by atoms with van der Waals surface area (Å²) in [4.78, 5) is 15.0. The van der Waals surface area contributed by atoms with Gasteiger partial charge in [-0.15, -0.1) is 0 Å². The van der Waals surface area contributed by atoms with E-state index in [1.165, 1.54) is 0 Å². The van der Waals surface area contributed by atoms with Crippen LogP contribution in [0.25, 0.3) is 22.5 Å². The van der Waals surface area contributed by atoms with Gasteiger partial charge in [-0.1, -0.05) is 37.6 Å². The number of pyridine rings is 1. The summed E-state index contributed by atoms with van der Waals surface area (Å²) in [5.74, 6) is 0.929. The van der Waals surface area contributed by atoms with Crippen LogP contribution in [0.2, 0.25) is 5.02 Å². The average Bonchev–Trinajstić information content (AvgIpc) is 3.17. The highest BCUT2D eigenvalue weighted by molar-refractivity contribution is 6.34. The third-order valence-electron chi connectivity index (χ3n) is 5.27. The van der Waals surface area contributed by atoms with Crippen LogP contribution in [0.5, 0.6) is 5.75 Å². The lowest BCUT2D eigenvalue weighted by atomic mass is 9.91. The van der Waals surface area contributed by atoms with Crippen molar-refractivity contribution >= 4 is 11.6 Å². The first-order valence-corrected chi connectivity index (χ1v) is 10.1. The van der Waals surface area contributed by atoms with Crippen LogP contribution in [0, 0.1) is 0 Å². The number of phenols is 1. The molecule has 0 radical (unpaired) electrons. The van der Waals surface area contributed by atoms with E-state index >= 15 is 0 Å². The average molecular weight is 413 g/mol. The van der Waals surface area contributed by atoms with E-state index in [2.05, 4.69) is 28.7 Å². The van der Waals surface area contributed by atoms with Crippen molar-refractivity contribution in [2.45, 2.75) is 19.3 Å². The van der Waals surface area contributed by atoms with E-state index in [0.29, 0.717) is 5.02 Å². The molecule has 0 amide bonds. The molecule has 3 heterocycles. The molecular formula is C22H25ClN4O2. The Hall–Kier alpha value is -2.41. The Balaban J connectivity index is 1.78. The quantitative estimate of drug-likeness (QED) is 0.659. The molecule has 2 N–H and O–H groups in total. The van der Waals surface area contributed by atoms with Gasteiger partial charge in [0.1, 0.15) is 11.6 Å². The lowest BCUT2D eigenvalue weighted by Crippen LogP contribution is -2.43. The summed E-state index contributed by atoms with van der Waals surface area (Å²) < 4.78 is 5.47. The van der Waals surface area contributed by atoms with Crippen LogP contribution in [0.4, 0.5) is 0 Å². The molecule has 4 rings (SSSR count). The van der Waals surface area contributed by atoms with Crippen molar-refractivity contribution in [3.63, 3.8) is 0 Å². The van der Waals surface area contributed by atoms with Crippen molar-refractivity contribution in [2.75, 3.05) is 32.8 Å². The largest absolute Gasteiger partial charge is 0.506 e. The Morgan fingerprint density at radius 2 is 1.90 bits per heavy atom. The number of aromatic amines is 1. The Bertz CT molecular complexity index is 982. The zero-order chi connectivity index (χ0) is 20.4. The van der Waals surface area contributed by atoms with Crippen LogP contribution in [-0.2, 0) is 10.2 Å². The second-order valence-corrected chi connectivity index (χ2v) is 8.33. The third kappa shape index (κ3) is 4.15. The molecule has 0 saturated carbocycles. The number of nitrogens with one attached hydrogen (secondary N) is 1. The lowest BCUT2D eigenvalue weighted by Gasteiger charge is -2.33. The van der Waals surface area contributed by atoms with Crippen LogP contribution >= 0.6 is 11.6 Å². The van der Waals surface area contributed by atoms with Gasteiger partial charge in [0.25, 0.3) is 0 Å². The van der Waals surface area contributed by atoms with Gasteiger partial charge in [-0.2, -0.15) is 0 Å². The molecule has 3 aromatic rings. The summed E-state index contributed by atoms with van der Waals surface area (Å²) >= 11 is 6.43. The Labute approximate surface area is 175 Å². The molecule has 0 atom stereocenters. The number of H-pyrrole nitrogens is 1. The summed E-state index contributed by atoms with van der Waals surface area (Å²) in [6.07, 6.45) is 3.49. The van der Waals surface area contributed by atoms with Crippen LogP contribution < -0.4 is 0 Å². The van der Waals surface area contributed by atoms with E-state index in [1.54, 1.807) is 24.5 Å². The zero-order valence-corrected chi connectivity index (χ0v) is 17.4. The molecule has 0 bridgehead atoms. The van der Waals surface area contributed by atoms with Crippen molar-refractivity contribution in [2.24, 2.45) is 0 Å². The van der Waals surface area contributed by atoms with Gasteiger partial charge in [0.2, 0.25) is 0 Å². The molecule has 0 unspecified atom stereocenters. The maximum atomic E-state index is 10.1. The van der Waals surface area contributed by atoms with E-state index < -0.39 is 0 Å². The highest BCUT2D eigenvalue weighted by Gasteiger charge is 2.30. The highest BCUT2D eigenvalue weighted by Crippen LogP contribution is 2.39. The molecule has 152 valence electrons. The fourth-order valence-corrected chi connectivity index (χ4v) is 3.93. The number of hydrogen-bond acceptors (Lipinski definition) is 5. The van der Waals surface area contributed by atoms with Gasteiger partial charge in [0.15, 0.2) is 0 Å². The predicted molar refractivity (Wildman–Crippen MR) is 114 cm³/mol. The Morgan fingerprint density at radius 3 is 2.62 bits per heavy atom. The summed E-state index contributed by atoms with van der Waals surface area (Å²) in [6, 6.07) is 9.10. The number of phenolic OH excluding ortho intramolecular Hbond substituents is 1. The van der Waals surface area contributed by atoms with E-state index in [0.717, 1.165) is 61.2 Å². The van der Waals surface area contributed by atoms with Gasteiger partial charge in [-0.3, -0.25) is 9.88 Å². The van der Waals surface area contributed by atoms with E-state index in [-0.39, 0.29) is 11.2 Å². The number of aromatic nitrogens is 3. The number of morpholine rings is 1. The van der Waals surface area contributed by atoms with Crippen LogP contribution in [0.15, 0.2) is 42.7 Å². The first-order chi connectivity index (χ1) is 14.0. The molecule has 1 fully saturated rings. The third-order valence-corrected chi connectivity index (χ3v) is 5.67. The maximum absolute atomic E-state index is 10.1. The Morgan fingerprint density at radius 1 is 1.17 bits per heavy atom. The van der Waals surface area contributed by atoms with Crippen molar-refractivity contribution in [1.82, 2.24) is 19.9 Å². The normalized spacial score (nSPS) is 15.6. The van der Waals surface area contributed by atoms with Crippen molar-refractivity contribution in [3.8, 4) is 28.3 Å². The SMILES string of the molecule is CC(C)(CN1CCOCC1)c1nc(-c2ccncc2)c(-c2cccc(O)c2Cl)[nH]1. The van der Waals surface area contributed by atoms with Crippen molar-refractivity contribution in [1.29, 1.82) is 0 Å². The lowest BCUT2D eigenvalue weighted by molar-refractivity contribution is 0.0290. The Kier molecular flexibility index (Phi) is 5.58. The standard InChI is InChI=1S/C22H25ClN4O2/c1-22(2,14-27-10-12-29-13-11-27)21-25-19(15-6-8-24-9-7-15)20(26-21)16-4-3-5-17(28)18(16)23/h3-9,28H,10-14H2,1-2H3,(H,25,26). The smallest absolute Gasteiger partial charge is 0.134 e. The number of imidazole rings is 1. The monoisotopic (exact) mass is 412 g/mol. The molecule has 7 heteroatoms. The summed E-state index contributed by atoms with van der Waals surface area (Å²) in [5.41, 5.74) is 3.05. The molecule has 1 aromatic carbocycles. The van der Waals surface area contributed by atoms with Gasteiger partial charge in [0, 0.05) is 48.6 Å². The fourth-order valence-electron chi connectivity index (χ4n) is 3.71. The molecule has 1 aliphatic rings. The van der Waals surface area contributed by atoms with Crippen LogP contribution in [-0.4, -0.2) is 57.8 Å². The fraction of sp³-hybridized carbons (Fsp3) is 0.364. The van der Waals surface area contributed by atoms with Gasteiger partial charge in [-0.25, -0.2) is 4.98 Å². The number of rotatable bonds is 5. The van der Waals surface area contributed by atoms with E-state index in [9.17, 15) is 5.11 Å². The maximum Gasteiger partial charge on any atom is 0.134 e. The number of halogens is 1. The first kappa shape index (κ1) is 19.9. The minimum Gasteiger partial charge on any atom is -0.506 e. The van der Waals surface area contributed by atoms with Crippen LogP contribution in [0.3, 0.4) is 0 Å².